The van der Waals surface area contributed by atoms with Gasteiger partial charge in [-0.1, -0.05) is 38.1 Å². The minimum atomic E-state index is -3.47. The smallest absolute Gasteiger partial charge is 0.264 e. The lowest BCUT2D eigenvalue weighted by Crippen LogP contribution is -2.70. The maximum atomic E-state index is 11.2. The first-order valence-electron chi connectivity index (χ1n) is 11.8. The predicted octanol–water partition coefficient (Wildman–Crippen LogP) is 3.89. The summed E-state index contributed by atoms with van der Waals surface area (Å²) in [6.07, 6.45) is 4.07. The van der Waals surface area contributed by atoms with Crippen molar-refractivity contribution < 1.29 is 36.6 Å². The first-order chi connectivity index (χ1) is 15.6. The summed E-state index contributed by atoms with van der Waals surface area (Å²) >= 11 is 0. The number of benzene rings is 1. The maximum Gasteiger partial charge on any atom is 0.264 e. The molecule has 0 radical (unpaired) electrons. The predicted molar refractivity (Wildman–Crippen MR) is 118 cm³/mol. The number of hydrogen-bond donors (Lipinski definition) is 0. The molecule has 1 saturated carbocycles. The minimum Gasteiger partial charge on any atom is -0.348 e. The number of ether oxygens (including phenoxy) is 3. The van der Waals surface area contributed by atoms with Gasteiger partial charge in [-0.25, -0.2) is 9.78 Å². The summed E-state index contributed by atoms with van der Waals surface area (Å²) in [5, 5.41) is 0. The lowest BCUT2D eigenvalue weighted by molar-refractivity contribution is -0.577. The molecule has 4 heterocycles. The van der Waals surface area contributed by atoms with Crippen molar-refractivity contribution in [3.63, 3.8) is 0 Å². The Labute approximate surface area is 195 Å². The molecule has 1 aromatic rings. The second kappa shape index (κ2) is 8.55. The van der Waals surface area contributed by atoms with Crippen molar-refractivity contribution in [1.29, 1.82) is 0 Å². The van der Waals surface area contributed by atoms with Crippen molar-refractivity contribution >= 4 is 10.1 Å². The highest BCUT2D eigenvalue weighted by atomic mass is 32.2. The quantitative estimate of drug-likeness (QED) is 0.446. The molecular weight excluding hydrogens is 448 g/mol. The molecule has 4 saturated heterocycles. The van der Waals surface area contributed by atoms with Crippen molar-refractivity contribution in [2.24, 2.45) is 23.7 Å². The van der Waals surface area contributed by atoms with Crippen LogP contribution in [0.3, 0.4) is 0 Å². The van der Waals surface area contributed by atoms with E-state index < -0.39 is 34.1 Å². The Bertz CT molecular complexity index is 965. The van der Waals surface area contributed by atoms with Crippen LogP contribution in [0.25, 0.3) is 0 Å². The lowest BCUT2D eigenvalue weighted by atomic mass is 9.58. The van der Waals surface area contributed by atoms with Crippen LogP contribution in [0.4, 0.5) is 0 Å². The van der Waals surface area contributed by atoms with E-state index in [9.17, 15) is 8.42 Å². The average Bonchev–Trinajstić information content (AvgIpc) is 3.00. The summed E-state index contributed by atoms with van der Waals surface area (Å²) in [6, 6.07) is 7.51. The second-order valence-electron chi connectivity index (χ2n) is 10.4. The lowest BCUT2D eigenvalue weighted by Gasteiger charge is -2.60. The van der Waals surface area contributed by atoms with Crippen molar-refractivity contribution in [3.8, 4) is 0 Å². The first kappa shape index (κ1) is 23.7. The molecule has 0 aromatic heterocycles. The molecule has 8 atom stereocenters. The molecule has 2 bridgehead atoms. The topological polar surface area (TPSA) is 89.5 Å². The van der Waals surface area contributed by atoms with Gasteiger partial charge in [-0.3, -0.25) is 4.18 Å². The van der Waals surface area contributed by atoms with E-state index in [-0.39, 0.29) is 18.4 Å². The van der Waals surface area contributed by atoms with Crippen LogP contribution < -0.4 is 0 Å². The van der Waals surface area contributed by atoms with Gasteiger partial charge in [0.25, 0.3) is 10.1 Å². The number of rotatable bonds is 6. The van der Waals surface area contributed by atoms with E-state index in [1.165, 1.54) is 0 Å². The molecule has 33 heavy (non-hydrogen) atoms. The summed E-state index contributed by atoms with van der Waals surface area (Å²) in [5.74, 6) is 0.395. The largest absolute Gasteiger partial charge is 0.348 e. The molecule has 5 fully saturated rings. The van der Waals surface area contributed by atoms with Gasteiger partial charge in [0.1, 0.15) is 0 Å². The Morgan fingerprint density at radius 2 is 1.70 bits per heavy atom. The SMILES string of the molecule is C[C@@H]1CCC2[C@@H](C)[C@@H](OCc3ccc(COS(C)(=O)=O)cc3)OC3O[C@@]4(C)CC[C@@H]1[C@]32OO4. The highest BCUT2D eigenvalue weighted by Crippen LogP contribution is 2.60. The van der Waals surface area contributed by atoms with E-state index in [1.54, 1.807) is 0 Å². The van der Waals surface area contributed by atoms with E-state index in [1.807, 2.05) is 31.2 Å². The standard InChI is InChI=1S/C24H34O8S/c1-15-5-10-20-16(2)21(27-13-17-6-8-18(9-7-17)14-28-33(4,25)26)29-22-24(20)19(15)11-12-23(3,30-22)31-32-24/h6-9,15-16,19-22H,5,10-14H2,1-4H3/t15-,16-,19+,20?,21+,22?,23-,24-/m1/s1. The zero-order chi connectivity index (χ0) is 23.4. The number of hydrogen-bond acceptors (Lipinski definition) is 8. The van der Waals surface area contributed by atoms with E-state index >= 15 is 0 Å². The third kappa shape index (κ3) is 4.37. The molecule has 0 amide bonds. The normalized spacial score (nSPS) is 42.5. The summed E-state index contributed by atoms with van der Waals surface area (Å²) in [5.41, 5.74) is 1.16. The Morgan fingerprint density at radius 1 is 1.00 bits per heavy atom. The molecule has 184 valence electrons. The second-order valence-corrected chi connectivity index (χ2v) is 12.0. The molecule has 6 rings (SSSR count). The van der Waals surface area contributed by atoms with Gasteiger partial charge in [0.15, 0.2) is 18.2 Å². The Kier molecular flexibility index (Phi) is 6.13. The fourth-order valence-electron chi connectivity index (χ4n) is 6.15. The maximum absolute atomic E-state index is 11.2. The molecular formula is C24H34O8S. The summed E-state index contributed by atoms with van der Waals surface area (Å²) in [7, 11) is -3.47. The molecule has 1 aliphatic carbocycles. The summed E-state index contributed by atoms with van der Waals surface area (Å²) < 4.78 is 46.3. The van der Waals surface area contributed by atoms with Gasteiger partial charge in [-0.15, -0.1) is 0 Å². The Morgan fingerprint density at radius 3 is 2.39 bits per heavy atom. The van der Waals surface area contributed by atoms with Crippen molar-refractivity contribution in [2.75, 3.05) is 6.26 Å². The van der Waals surface area contributed by atoms with Crippen LogP contribution in [0.5, 0.6) is 0 Å². The fourth-order valence-corrected chi connectivity index (χ4v) is 6.50. The van der Waals surface area contributed by atoms with E-state index in [0.717, 1.165) is 43.1 Å². The van der Waals surface area contributed by atoms with E-state index in [2.05, 4.69) is 13.8 Å². The van der Waals surface area contributed by atoms with Crippen molar-refractivity contribution in [2.45, 2.75) is 83.6 Å². The van der Waals surface area contributed by atoms with Crippen molar-refractivity contribution in [3.05, 3.63) is 35.4 Å². The zero-order valence-corrected chi connectivity index (χ0v) is 20.5. The fraction of sp³-hybridized carbons (Fsp3) is 0.750. The molecule has 1 aromatic carbocycles. The minimum absolute atomic E-state index is 0.0198. The van der Waals surface area contributed by atoms with Gasteiger partial charge in [-0.05, 0) is 49.1 Å². The molecule has 4 aliphatic heterocycles. The van der Waals surface area contributed by atoms with Crippen molar-refractivity contribution in [1.82, 2.24) is 0 Å². The van der Waals surface area contributed by atoms with Gasteiger partial charge in [0.05, 0.1) is 19.5 Å². The monoisotopic (exact) mass is 482 g/mol. The van der Waals surface area contributed by atoms with Crippen LogP contribution in [0.2, 0.25) is 0 Å². The Hall–Kier alpha value is -1.07. The summed E-state index contributed by atoms with van der Waals surface area (Å²) in [6.45, 7) is 6.79. The Balaban J connectivity index is 1.29. The highest BCUT2D eigenvalue weighted by Gasteiger charge is 2.69. The van der Waals surface area contributed by atoms with Gasteiger partial charge in [0, 0.05) is 18.3 Å². The first-order valence-corrected chi connectivity index (χ1v) is 13.7. The molecule has 0 N–H and O–H groups in total. The highest BCUT2D eigenvalue weighted by molar-refractivity contribution is 7.85. The molecule has 1 spiro atoms. The van der Waals surface area contributed by atoms with Gasteiger partial charge < -0.3 is 14.2 Å². The number of fused-ring (bicyclic) bond motifs is 2. The van der Waals surface area contributed by atoms with Gasteiger partial charge in [-0.2, -0.15) is 8.42 Å². The van der Waals surface area contributed by atoms with Crippen LogP contribution in [0.15, 0.2) is 24.3 Å². The van der Waals surface area contributed by atoms with Crippen LogP contribution >= 0.6 is 0 Å². The molecule has 5 aliphatic rings. The summed E-state index contributed by atoms with van der Waals surface area (Å²) in [4.78, 5) is 12.0. The third-order valence-electron chi connectivity index (χ3n) is 7.97. The third-order valence-corrected chi connectivity index (χ3v) is 8.52. The average molecular weight is 483 g/mol. The van der Waals surface area contributed by atoms with E-state index in [4.69, 9.17) is 28.2 Å². The molecule has 8 nitrogen and oxygen atoms in total. The van der Waals surface area contributed by atoms with E-state index in [0.29, 0.717) is 18.4 Å². The molecule has 2 unspecified atom stereocenters. The van der Waals surface area contributed by atoms with Gasteiger partial charge >= 0.3 is 0 Å². The van der Waals surface area contributed by atoms with Gasteiger partial charge in [0.2, 0.25) is 5.79 Å². The van der Waals surface area contributed by atoms with Crippen LogP contribution in [0, 0.1) is 23.7 Å². The van der Waals surface area contributed by atoms with Crippen LogP contribution in [0.1, 0.15) is 57.6 Å². The molecule has 9 heteroatoms. The zero-order valence-electron chi connectivity index (χ0n) is 19.7. The van der Waals surface area contributed by atoms with Crippen LogP contribution in [-0.2, 0) is 51.5 Å². The van der Waals surface area contributed by atoms with Crippen LogP contribution in [-0.4, -0.2) is 38.6 Å².